The van der Waals surface area contributed by atoms with Crippen LogP contribution in [-0.4, -0.2) is 0 Å². The minimum Gasteiger partial charge on any atom is -0.205 e. The summed E-state index contributed by atoms with van der Waals surface area (Å²) >= 11 is 7.16. The zero-order valence-electron chi connectivity index (χ0n) is 6.63. The molecule has 0 bridgehead atoms. The molecule has 0 atom stereocenters. The number of hydrogen-bond acceptors (Lipinski definition) is 1. The van der Waals surface area contributed by atoms with Crippen molar-refractivity contribution in [2.24, 2.45) is 0 Å². The van der Waals surface area contributed by atoms with Crippen LogP contribution in [0.1, 0.15) is 0 Å². The molecular formula is C10H6ClFS. The molecule has 0 saturated heterocycles. The molecule has 2 aromatic rings. The Labute approximate surface area is 84.6 Å². The first-order valence-electron chi connectivity index (χ1n) is 3.75. The molecule has 13 heavy (non-hydrogen) atoms. The predicted molar refractivity (Wildman–Crippen MR) is 54.7 cm³/mol. The molecule has 66 valence electrons. The van der Waals surface area contributed by atoms with Gasteiger partial charge in [0.1, 0.15) is 5.82 Å². The fourth-order valence-electron chi connectivity index (χ4n) is 1.10. The Morgan fingerprint density at radius 3 is 2.62 bits per heavy atom. The average Bonchev–Trinajstić information content (AvgIpc) is 2.62. The average molecular weight is 213 g/mol. The van der Waals surface area contributed by atoms with Gasteiger partial charge in [-0.3, -0.25) is 0 Å². The van der Waals surface area contributed by atoms with Crippen LogP contribution in [0.25, 0.3) is 11.1 Å². The molecule has 0 aliphatic heterocycles. The van der Waals surface area contributed by atoms with Crippen LogP contribution in [0.5, 0.6) is 0 Å². The van der Waals surface area contributed by atoms with Crippen molar-refractivity contribution in [3.05, 3.63) is 45.9 Å². The largest absolute Gasteiger partial charge is 0.205 e. The van der Waals surface area contributed by atoms with Gasteiger partial charge in [-0.2, -0.15) is 11.3 Å². The van der Waals surface area contributed by atoms with Crippen molar-refractivity contribution in [2.45, 2.75) is 0 Å². The second-order valence-electron chi connectivity index (χ2n) is 2.64. The lowest BCUT2D eigenvalue weighted by molar-refractivity contribution is 0.629. The van der Waals surface area contributed by atoms with Gasteiger partial charge in [-0.1, -0.05) is 17.7 Å². The van der Waals surface area contributed by atoms with E-state index in [1.165, 1.54) is 6.07 Å². The second kappa shape index (κ2) is 3.48. The van der Waals surface area contributed by atoms with Crippen LogP contribution in [0, 0.1) is 5.82 Å². The van der Waals surface area contributed by atoms with Gasteiger partial charge in [0.25, 0.3) is 0 Å². The summed E-state index contributed by atoms with van der Waals surface area (Å²) in [6.07, 6.45) is 0. The Kier molecular flexibility index (Phi) is 2.34. The van der Waals surface area contributed by atoms with Crippen molar-refractivity contribution in [1.82, 2.24) is 0 Å². The van der Waals surface area contributed by atoms with E-state index in [9.17, 15) is 4.39 Å². The fraction of sp³-hybridized carbons (Fsp3) is 0. The van der Waals surface area contributed by atoms with Gasteiger partial charge in [0, 0.05) is 0 Å². The molecule has 0 fully saturated rings. The van der Waals surface area contributed by atoms with Crippen LogP contribution >= 0.6 is 22.9 Å². The number of rotatable bonds is 1. The minimum absolute atomic E-state index is 0.166. The molecule has 0 radical (unpaired) electrons. The van der Waals surface area contributed by atoms with Crippen molar-refractivity contribution in [2.75, 3.05) is 0 Å². The summed E-state index contributed by atoms with van der Waals surface area (Å²) in [5.74, 6) is -0.370. The number of hydrogen-bond donors (Lipinski definition) is 0. The summed E-state index contributed by atoms with van der Waals surface area (Å²) in [4.78, 5) is 0. The maximum absolute atomic E-state index is 13.0. The quantitative estimate of drug-likeness (QED) is 0.665. The molecular weight excluding hydrogens is 207 g/mol. The Morgan fingerprint density at radius 1 is 1.15 bits per heavy atom. The zero-order chi connectivity index (χ0) is 9.26. The normalized spacial score (nSPS) is 10.3. The van der Waals surface area contributed by atoms with Crippen LogP contribution in [0.2, 0.25) is 5.02 Å². The summed E-state index contributed by atoms with van der Waals surface area (Å²) in [7, 11) is 0. The van der Waals surface area contributed by atoms with Crippen molar-refractivity contribution in [3.8, 4) is 11.1 Å². The third kappa shape index (κ3) is 1.74. The van der Waals surface area contributed by atoms with Gasteiger partial charge >= 0.3 is 0 Å². The van der Waals surface area contributed by atoms with Crippen molar-refractivity contribution < 1.29 is 4.39 Å². The van der Waals surface area contributed by atoms with Crippen LogP contribution in [-0.2, 0) is 0 Å². The summed E-state index contributed by atoms with van der Waals surface area (Å²) in [5.41, 5.74) is 1.89. The molecule has 0 aliphatic carbocycles. The monoisotopic (exact) mass is 212 g/mol. The Hall–Kier alpha value is -0.860. The van der Waals surface area contributed by atoms with Crippen molar-refractivity contribution in [1.29, 1.82) is 0 Å². The lowest BCUT2D eigenvalue weighted by Crippen LogP contribution is -1.78. The number of halogens is 2. The van der Waals surface area contributed by atoms with Crippen LogP contribution in [0.15, 0.2) is 35.0 Å². The SMILES string of the molecule is Fc1cc(-c2ccsc2)ccc1Cl. The maximum atomic E-state index is 13.0. The van der Waals surface area contributed by atoms with Crippen LogP contribution in [0.4, 0.5) is 4.39 Å². The van der Waals surface area contributed by atoms with E-state index >= 15 is 0 Å². The molecule has 0 spiro atoms. The molecule has 0 nitrogen and oxygen atoms in total. The molecule has 1 aromatic carbocycles. The van der Waals surface area contributed by atoms with E-state index in [4.69, 9.17) is 11.6 Å². The second-order valence-corrected chi connectivity index (χ2v) is 3.83. The molecule has 3 heteroatoms. The minimum atomic E-state index is -0.370. The van der Waals surface area contributed by atoms with Crippen molar-refractivity contribution >= 4 is 22.9 Å². The Bertz CT molecular complexity index is 409. The van der Waals surface area contributed by atoms with E-state index < -0.39 is 0 Å². The first kappa shape index (κ1) is 8.73. The van der Waals surface area contributed by atoms with Gasteiger partial charge in [-0.05, 0) is 40.1 Å². The summed E-state index contributed by atoms with van der Waals surface area (Å²) in [5, 5.41) is 4.10. The zero-order valence-corrected chi connectivity index (χ0v) is 8.20. The van der Waals surface area contributed by atoms with Gasteiger partial charge in [0.15, 0.2) is 0 Å². The van der Waals surface area contributed by atoms with Crippen LogP contribution < -0.4 is 0 Å². The van der Waals surface area contributed by atoms with E-state index in [-0.39, 0.29) is 10.8 Å². The van der Waals surface area contributed by atoms with Crippen molar-refractivity contribution in [3.63, 3.8) is 0 Å². The van der Waals surface area contributed by atoms with Gasteiger partial charge < -0.3 is 0 Å². The topological polar surface area (TPSA) is 0 Å². The molecule has 0 saturated carbocycles. The molecule has 0 amide bonds. The standard InChI is InChI=1S/C10H6ClFS/c11-9-2-1-7(5-10(9)12)8-3-4-13-6-8/h1-6H. The third-order valence-corrected chi connectivity index (χ3v) is 2.76. The smallest absolute Gasteiger partial charge is 0.142 e. The van der Waals surface area contributed by atoms with Crippen LogP contribution in [0.3, 0.4) is 0 Å². The lowest BCUT2D eigenvalue weighted by atomic mass is 10.1. The lowest BCUT2D eigenvalue weighted by Gasteiger charge is -1.98. The Morgan fingerprint density at radius 2 is 2.00 bits per heavy atom. The summed E-state index contributed by atoms with van der Waals surface area (Å²) in [6.45, 7) is 0. The predicted octanol–water partition coefficient (Wildman–Crippen LogP) is 4.21. The van der Waals surface area contributed by atoms with Gasteiger partial charge in [-0.25, -0.2) is 4.39 Å². The highest BCUT2D eigenvalue weighted by Crippen LogP contribution is 2.25. The first-order chi connectivity index (χ1) is 6.27. The Balaban J connectivity index is 2.49. The molecule has 1 heterocycles. The van der Waals surface area contributed by atoms with E-state index in [0.717, 1.165) is 11.1 Å². The van der Waals surface area contributed by atoms with Gasteiger partial charge in [-0.15, -0.1) is 0 Å². The molecule has 0 aliphatic rings. The highest BCUT2D eigenvalue weighted by atomic mass is 35.5. The molecule has 0 N–H and O–H groups in total. The fourth-order valence-corrected chi connectivity index (χ4v) is 1.89. The highest BCUT2D eigenvalue weighted by Gasteiger charge is 2.02. The van der Waals surface area contributed by atoms with E-state index in [1.807, 2.05) is 22.9 Å². The maximum Gasteiger partial charge on any atom is 0.142 e. The van der Waals surface area contributed by atoms with E-state index in [2.05, 4.69) is 0 Å². The molecule has 1 aromatic heterocycles. The van der Waals surface area contributed by atoms with E-state index in [0.29, 0.717) is 0 Å². The number of thiophene rings is 1. The van der Waals surface area contributed by atoms with E-state index in [1.54, 1.807) is 17.4 Å². The first-order valence-corrected chi connectivity index (χ1v) is 5.07. The molecule has 2 rings (SSSR count). The van der Waals surface area contributed by atoms with Gasteiger partial charge in [0.05, 0.1) is 5.02 Å². The molecule has 0 unspecified atom stereocenters. The summed E-state index contributed by atoms with van der Waals surface area (Å²) < 4.78 is 13.0. The van der Waals surface area contributed by atoms with Gasteiger partial charge in [0.2, 0.25) is 0 Å². The third-order valence-electron chi connectivity index (χ3n) is 1.77. The highest BCUT2D eigenvalue weighted by molar-refractivity contribution is 7.08. The summed E-state index contributed by atoms with van der Waals surface area (Å²) in [6, 6.07) is 6.79. The number of benzene rings is 1.